The van der Waals surface area contributed by atoms with Gasteiger partial charge in [-0.2, -0.15) is 5.26 Å². The highest BCUT2D eigenvalue weighted by Crippen LogP contribution is 2.22. The Labute approximate surface area is 98.1 Å². The zero-order chi connectivity index (χ0) is 12.3. The predicted octanol–water partition coefficient (Wildman–Crippen LogP) is 2.67. The number of carbonyl (C=O) groups excluding carboxylic acids is 1. The number of thiazole rings is 1. The monoisotopic (exact) mass is 239 g/mol. The van der Waals surface area contributed by atoms with Crippen LogP contribution in [0.1, 0.15) is 31.3 Å². The topological polar surface area (TPSA) is 75.0 Å². The molecule has 0 aliphatic carbocycles. The molecule has 0 radical (unpaired) electrons. The largest absolute Gasteiger partial charge is 0.444 e. The molecule has 1 heterocycles. The van der Waals surface area contributed by atoms with Crippen molar-refractivity contribution in [2.75, 3.05) is 5.32 Å². The van der Waals surface area contributed by atoms with Crippen molar-refractivity contribution in [3.05, 3.63) is 10.6 Å². The number of aromatic nitrogens is 1. The van der Waals surface area contributed by atoms with Crippen molar-refractivity contribution in [1.29, 1.82) is 5.26 Å². The van der Waals surface area contributed by atoms with Gasteiger partial charge in [-0.25, -0.2) is 9.78 Å². The van der Waals surface area contributed by atoms with E-state index in [-0.39, 0.29) is 0 Å². The summed E-state index contributed by atoms with van der Waals surface area (Å²) in [5.41, 5.74) is 0.0626. The fraction of sp³-hybridized carbons (Fsp3) is 0.500. The summed E-state index contributed by atoms with van der Waals surface area (Å²) in [5.74, 6) is 0. The zero-order valence-electron chi connectivity index (χ0n) is 9.62. The van der Waals surface area contributed by atoms with Crippen LogP contribution in [0, 0.1) is 18.3 Å². The molecular formula is C10H13N3O2S. The smallest absolute Gasteiger partial charge is 0.413 e. The van der Waals surface area contributed by atoms with Gasteiger partial charge in [-0.15, -0.1) is 0 Å². The van der Waals surface area contributed by atoms with Crippen LogP contribution in [0.2, 0.25) is 0 Å². The summed E-state index contributed by atoms with van der Waals surface area (Å²) >= 11 is 1.13. The van der Waals surface area contributed by atoms with Crippen molar-refractivity contribution in [2.45, 2.75) is 33.3 Å². The highest BCUT2D eigenvalue weighted by Gasteiger charge is 2.17. The first-order valence-electron chi connectivity index (χ1n) is 4.69. The summed E-state index contributed by atoms with van der Waals surface area (Å²) in [7, 11) is 0. The minimum atomic E-state index is -0.564. The number of nitrogens with zero attached hydrogens (tertiary/aromatic N) is 2. The molecule has 1 rings (SSSR count). The van der Waals surface area contributed by atoms with Crippen LogP contribution in [0.15, 0.2) is 0 Å². The summed E-state index contributed by atoms with van der Waals surface area (Å²) in [5, 5.41) is 11.6. The fourth-order valence-corrected chi connectivity index (χ4v) is 1.69. The first-order valence-corrected chi connectivity index (χ1v) is 5.51. The summed E-state index contributed by atoms with van der Waals surface area (Å²) in [6, 6.07) is 2.00. The standard InChI is InChI=1S/C10H13N3O2S/c1-6-7(5-11)16-8(12-6)13-9(14)15-10(2,3)4/h1-4H3,(H,12,13,14). The van der Waals surface area contributed by atoms with Gasteiger partial charge in [0.2, 0.25) is 0 Å². The van der Waals surface area contributed by atoms with Gasteiger partial charge >= 0.3 is 6.09 Å². The Bertz CT molecular complexity index is 440. The molecule has 0 bridgehead atoms. The Morgan fingerprint density at radius 2 is 2.19 bits per heavy atom. The Balaban J connectivity index is 2.68. The number of nitrogens with one attached hydrogen (secondary N) is 1. The second-order valence-corrected chi connectivity index (χ2v) is 5.17. The molecule has 1 N–H and O–H groups in total. The van der Waals surface area contributed by atoms with E-state index in [2.05, 4.69) is 10.3 Å². The molecule has 0 aromatic carbocycles. The maximum Gasteiger partial charge on any atom is 0.413 e. The van der Waals surface area contributed by atoms with Crippen LogP contribution >= 0.6 is 11.3 Å². The zero-order valence-corrected chi connectivity index (χ0v) is 10.4. The molecule has 0 saturated carbocycles. The van der Waals surface area contributed by atoms with Crippen LogP contribution in [0.3, 0.4) is 0 Å². The molecule has 0 aliphatic heterocycles. The third-order valence-corrected chi connectivity index (χ3v) is 2.48. The normalized spacial score (nSPS) is 10.7. The van der Waals surface area contributed by atoms with Gasteiger partial charge in [0.05, 0.1) is 5.69 Å². The van der Waals surface area contributed by atoms with E-state index in [1.807, 2.05) is 6.07 Å². The van der Waals surface area contributed by atoms with Crippen LogP contribution in [-0.4, -0.2) is 16.7 Å². The van der Waals surface area contributed by atoms with Gasteiger partial charge in [-0.1, -0.05) is 11.3 Å². The molecule has 0 fully saturated rings. The quantitative estimate of drug-likeness (QED) is 0.817. The lowest BCUT2D eigenvalue weighted by atomic mass is 10.2. The maximum absolute atomic E-state index is 11.4. The number of anilines is 1. The van der Waals surface area contributed by atoms with Crippen molar-refractivity contribution in [3.63, 3.8) is 0 Å². The number of hydrogen-bond donors (Lipinski definition) is 1. The molecule has 0 saturated heterocycles. The summed E-state index contributed by atoms with van der Waals surface area (Å²) in [6.45, 7) is 7.05. The van der Waals surface area contributed by atoms with E-state index in [0.717, 1.165) is 11.3 Å². The van der Waals surface area contributed by atoms with E-state index < -0.39 is 11.7 Å². The average Bonchev–Trinajstić information content (AvgIpc) is 2.42. The number of amides is 1. The molecule has 86 valence electrons. The fourth-order valence-electron chi connectivity index (χ4n) is 0.945. The number of hydrogen-bond acceptors (Lipinski definition) is 5. The Morgan fingerprint density at radius 1 is 1.56 bits per heavy atom. The van der Waals surface area contributed by atoms with Crippen molar-refractivity contribution in [2.24, 2.45) is 0 Å². The number of rotatable bonds is 1. The SMILES string of the molecule is Cc1nc(NC(=O)OC(C)(C)C)sc1C#N. The third-order valence-electron chi connectivity index (χ3n) is 1.51. The summed E-state index contributed by atoms with van der Waals surface area (Å²) in [6.07, 6.45) is -0.564. The van der Waals surface area contributed by atoms with Gasteiger partial charge < -0.3 is 4.74 Å². The average molecular weight is 239 g/mol. The molecule has 0 unspecified atom stereocenters. The van der Waals surface area contributed by atoms with Crippen LogP contribution < -0.4 is 5.32 Å². The van der Waals surface area contributed by atoms with E-state index in [1.54, 1.807) is 27.7 Å². The maximum atomic E-state index is 11.4. The molecule has 5 nitrogen and oxygen atoms in total. The van der Waals surface area contributed by atoms with Gasteiger partial charge in [0, 0.05) is 0 Å². The Hall–Kier alpha value is -1.61. The van der Waals surface area contributed by atoms with E-state index >= 15 is 0 Å². The van der Waals surface area contributed by atoms with Gasteiger partial charge in [0.1, 0.15) is 16.5 Å². The second-order valence-electron chi connectivity index (χ2n) is 4.17. The second kappa shape index (κ2) is 4.49. The van der Waals surface area contributed by atoms with E-state index in [1.165, 1.54) is 0 Å². The van der Waals surface area contributed by atoms with Crippen LogP contribution in [0.5, 0.6) is 0 Å². The minimum absolute atomic E-state index is 0.378. The Kier molecular flexibility index (Phi) is 3.50. The molecule has 6 heteroatoms. The summed E-state index contributed by atoms with van der Waals surface area (Å²) < 4.78 is 5.06. The minimum Gasteiger partial charge on any atom is -0.444 e. The lowest BCUT2D eigenvalue weighted by molar-refractivity contribution is 0.0636. The number of nitriles is 1. The molecule has 1 amide bonds. The molecule has 1 aromatic rings. The van der Waals surface area contributed by atoms with Crippen LogP contribution in [0.25, 0.3) is 0 Å². The molecule has 1 aromatic heterocycles. The van der Waals surface area contributed by atoms with E-state index in [0.29, 0.717) is 15.7 Å². The van der Waals surface area contributed by atoms with Crippen molar-refractivity contribution >= 4 is 22.6 Å². The van der Waals surface area contributed by atoms with Gasteiger partial charge in [-0.05, 0) is 27.7 Å². The number of aryl methyl sites for hydroxylation is 1. The lowest BCUT2D eigenvalue weighted by Gasteiger charge is -2.18. The van der Waals surface area contributed by atoms with Crippen LogP contribution in [0.4, 0.5) is 9.93 Å². The number of ether oxygens (including phenoxy) is 1. The predicted molar refractivity (Wildman–Crippen MR) is 61.4 cm³/mol. The first-order chi connectivity index (χ1) is 7.31. The lowest BCUT2D eigenvalue weighted by Crippen LogP contribution is -2.27. The van der Waals surface area contributed by atoms with E-state index in [4.69, 9.17) is 10.00 Å². The van der Waals surface area contributed by atoms with Crippen molar-refractivity contribution < 1.29 is 9.53 Å². The molecular weight excluding hydrogens is 226 g/mol. The highest BCUT2D eigenvalue weighted by molar-refractivity contribution is 7.16. The van der Waals surface area contributed by atoms with Gasteiger partial charge in [0.25, 0.3) is 0 Å². The molecule has 16 heavy (non-hydrogen) atoms. The summed E-state index contributed by atoms with van der Waals surface area (Å²) in [4.78, 5) is 15.9. The van der Waals surface area contributed by atoms with Crippen LogP contribution in [-0.2, 0) is 4.74 Å². The Morgan fingerprint density at radius 3 is 2.62 bits per heavy atom. The highest BCUT2D eigenvalue weighted by atomic mass is 32.1. The van der Waals surface area contributed by atoms with Gasteiger partial charge in [0.15, 0.2) is 5.13 Å². The third kappa shape index (κ3) is 3.51. The first kappa shape index (κ1) is 12.5. The van der Waals surface area contributed by atoms with Crippen molar-refractivity contribution in [1.82, 2.24) is 4.98 Å². The molecule has 0 spiro atoms. The van der Waals surface area contributed by atoms with E-state index in [9.17, 15) is 4.79 Å². The molecule has 0 aliphatic rings. The molecule has 0 atom stereocenters. The van der Waals surface area contributed by atoms with Crippen molar-refractivity contribution in [3.8, 4) is 6.07 Å². The van der Waals surface area contributed by atoms with Gasteiger partial charge in [-0.3, -0.25) is 5.32 Å². The number of carbonyl (C=O) groups is 1.